The van der Waals surface area contributed by atoms with Crippen molar-refractivity contribution in [2.75, 3.05) is 37.7 Å². The monoisotopic (exact) mass is 376 g/mol. The van der Waals surface area contributed by atoms with E-state index in [0.29, 0.717) is 11.8 Å². The van der Waals surface area contributed by atoms with Crippen molar-refractivity contribution in [1.29, 1.82) is 0 Å². The van der Waals surface area contributed by atoms with Crippen LogP contribution in [0.25, 0.3) is 10.9 Å². The van der Waals surface area contributed by atoms with E-state index in [1.807, 2.05) is 12.4 Å². The minimum atomic E-state index is 0.705. The van der Waals surface area contributed by atoms with Crippen molar-refractivity contribution in [2.45, 2.75) is 19.4 Å². The van der Waals surface area contributed by atoms with Gasteiger partial charge in [0.15, 0.2) is 0 Å². The van der Waals surface area contributed by atoms with Gasteiger partial charge in [0, 0.05) is 56.4 Å². The molecule has 0 amide bonds. The molecule has 5 rings (SSSR count). The van der Waals surface area contributed by atoms with Gasteiger partial charge in [-0.1, -0.05) is 0 Å². The first kappa shape index (κ1) is 17.3. The summed E-state index contributed by atoms with van der Waals surface area (Å²) in [6, 6.07) is 6.41. The molecule has 2 aliphatic rings. The van der Waals surface area contributed by atoms with Crippen LogP contribution < -0.4 is 9.64 Å². The second kappa shape index (κ2) is 7.67. The van der Waals surface area contributed by atoms with Gasteiger partial charge in [-0.3, -0.25) is 4.90 Å². The highest BCUT2D eigenvalue weighted by molar-refractivity contribution is 5.86. The van der Waals surface area contributed by atoms with Gasteiger partial charge >= 0.3 is 0 Å². The zero-order chi connectivity index (χ0) is 18.8. The number of benzene rings is 1. The van der Waals surface area contributed by atoms with E-state index >= 15 is 0 Å². The SMILES string of the molecule is c1ncc(CN2CCN(c3ccc4ncnc(OCC5CC5)c4c3)CC2)cn1. The Hall–Kier alpha value is -2.80. The first-order chi connectivity index (χ1) is 13.8. The Morgan fingerprint density at radius 1 is 0.964 bits per heavy atom. The van der Waals surface area contributed by atoms with Crippen LogP contribution in [0.3, 0.4) is 0 Å². The van der Waals surface area contributed by atoms with E-state index in [2.05, 4.69) is 47.9 Å². The van der Waals surface area contributed by atoms with Gasteiger partial charge in [-0.15, -0.1) is 0 Å². The van der Waals surface area contributed by atoms with Crippen LogP contribution in [0.2, 0.25) is 0 Å². The Bertz CT molecular complexity index is 938. The van der Waals surface area contributed by atoms with Gasteiger partial charge in [-0.25, -0.2) is 19.9 Å². The molecule has 0 spiro atoms. The van der Waals surface area contributed by atoms with Crippen molar-refractivity contribution in [3.8, 4) is 5.88 Å². The van der Waals surface area contributed by atoms with E-state index in [1.54, 1.807) is 12.7 Å². The van der Waals surface area contributed by atoms with Crippen LogP contribution in [0.15, 0.2) is 43.2 Å². The average Bonchev–Trinajstić information content (AvgIpc) is 3.58. The van der Waals surface area contributed by atoms with E-state index in [0.717, 1.165) is 55.8 Å². The third-order valence-electron chi connectivity index (χ3n) is 5.49. The molecule has 28 heavy (non-hydrogen) atoms. The average molecular weight is 376 g/mol. The van der Waals surface area contributed by atoms with E-state index in [4.69, 9.17) is 4.74 Å². The Labute approximate surface area is 164 Å². The summed E-state index contributed by atoms with van der Waals surface area (Å²) in [7, 11) is 0. The number of hydrogen-bond acceptors (Lipinski definition) is 7. The fourth-order valence-electron chi connectivity index (χ4n) is 3.65. The summed E-state index contributed by atoms with van der Waals surface area (Å²) in [5, 5.41) is 1.00. The molecule has 144 valence electrons. The molecule has 0 radical (unpaired) electrons. The molecule has 7 heteroatoms. The molecule has 1 aliphatic heterocycles. The zero-order valence-electron chi connectivity index (χ0n) is 15.9. The first-order valence-corrected chi connectivity index (χ1v) is 9.94. The van der Waals surface area contributed by atoms with Gasteiger partial charge in [0.1, 0.15) is 12.7 Å². The molecular formula is C21H24N6O. The van der Waals surface area contributed by atoms with Gasteiger partial charge < -0.3 is 9.64 Å². The zero-order valence-corrected chi connectivity index (χ0v) is 15.9. The van der Waals surface area contributed by atoms with E-state index in [1.165, 1.54) is 18.5 Å². The normalized spacial score (nSPS) is 17.8. The highest BCUT2D eigenvalue weighted by Gasteiger charge is 2.23. The lowest BCUT2D eigenvalue weighted by Crippen LogP contribution is -2.46. The second-order valence-electron chi connectivity index (χ2n) is 7.64. The maximum atomic E-state index is 5.98. The molecule has 7 nitrogen and oxygen atoms in total. The van der Waals surface area contributed by atoms with Gasteiger partial charge in [-0.05, 0) is 37.0 Å². The van der Waals surface area contributed by atoms with Crippen molar-refractivity contribution >= 4 is 16.6 Å². The van der Waals surface area contributed by atoms with Gasteiger partial charge in [0.05, 0.1) is 17.5 Å². The van der Waals surface area contributed by atoms with Crippen molar-refractivity contribution in [2.24, 2.45) is 5.92 Å². The van der Waals surface area contributed by atoms with Crippen LogP contribution in [-0.4, -0.2) is 57.6 Å². The minimum absolute atomic E-state index is 0.705. The summed E-state index contributed by atoms with van der Waals surface area (Å²) in [5.41, 5.74) is 3.31. The van der Waals surface area contributed by atoms with Crippen molar-refractivity contribution in [3.05, 3.63) is 48.8 Å². The topological polar surface area (TPSA) is 67.3 Å². The molecule has 2 fully saturated rings. The molecule has 1 aliphatic carbocycles. The molecule has 2 aromatic heterocycles. The fourth-order valence-corrected chi connectivity index (χ4v) is 3.65. The highest BCUT2D eigenvalue weighted by Crippen LogP contribution is 2.32. The minimum Gasteiger partial charge on any atom is -0.477 e. The van der Waals surface area contributed by atoms with E-state index in [-0.39, 0.29) is 0 Å². The Balaban J connectivity index is 1.27. The van der Waals surface area contributed by atoms with E-state index < -0.39 is 0 Å². The summed E-state index contributed by atoms with van der Waals surface area (Å²) in [5.74, 6) is 1.41. The molecule has 0 bridgehead atoms. The van der Waals surface area contributed by atoms with Crippen LogP contribution in [0, 0.1) is 5.92 Å². The third-order valence-corrected chi connectivity index (χ3v) is 5.49. The molecule has 0 N–H and O–H groups in total. The molecule has 1 aromatic carbocycles. The molecular weight excluding hydrogens is 352 g/mol. The Morgan fingerprint density at radius 2 is 1.79 bits per heavy atom. The Morgan fingerprint density at radius 3 is 2.57 bits per heavy atom. The molecule has 1 saturated carbocycles. The molecule has 0 unspecified atom stereocenters. The van der Waals surface area contributed by atoms with Crippen molar-refractivity contribution < 1.29 is 4.74 Å². The van der Waals surface area contributed by atoms with Gasteiger partial charge in [0.2, 0.25) is 5.88 Å². The quantitative estimate of drug-likeness (QED) is 0.655. The van der Waals surface area contributed by atoms with Crippen LogP contribution in [-0.2, 0) is 6.54 Å². The number of hydrogen-bond donors (Lipinski definition) is 0. The van der Waals surface area contributed by atoms with Crippen molar-refractivity contribution in [1.82, 2.24) is 24.8 Å². The molecule has 1 saturated heterocycles. The summed E-state index contributed by atoms with van der Waals surface area (Å²) < 4.78 is 5.98. The van der Waals surface area contributed by atoms with Crippen LogP contribution in [0.5, 0.6) is 5.88 Å². The molecule has 0 atom stereocenters. The summed E-state index contributed by atoms with van der Waals surface area (Å²) >= 11 is 0. The van der Waals surface area contributed by atoms with Gasteiger partial charge in [0.25, 0.3) is 0 Å². The predicted molar refractivity (Wildman–Crippen MR) is 107 cm³/mol. The standard InChI is InChI=1S/C21H24N6O/c1-2-16(1)13-28-21-19-9-18(3-4-20(19)24-15-25-21)27-7-5-26(6-8-27)12-17-10-22-14-23-11-17/h3-4,9-11,14-16H,1-2,5-8,12-13H2. The third kappa shape index (κ3) is 3.89. The van der Waals surface area contributed by atoms with Crippen LogP contribution in [0.4, 0.5) is 5.69 Å². The van der Waals surface area contributed by atoms with Crippen LogP contribution >= 0.6 is 0 Å². The Kier molecular flexibility index (Phi) is 4.74. The number of aromatic nitrogens is 4. The lowest BCUT2D eigenvalue weighted by atomic mass is 10.1. The number of nitrogens with zero attached hydrogens (tertiary/aromatic N) is 6. The highest BCUT2D eigenvalue weighted by atomic mass is 16.5. The number of anilines is 1. The van der Waals surface area contributed by atoms with Crippen molar-refractivity contribution in [3.63, 3.8) is 0 Å². The molecule has 3 aromatic rings. The smallest absolute Gasteiger partial charge is 0.224 e. The van der Waals surface area contributed by atoms with E-state index in [9.17, 15) is 0 Å². The second-order valence-corrected chi connectivity index (χ2v) is 7.64. The maximum Gasteiger partial charge on any atom is 0.224 e. The summed E-state index contributed by atoms with van der Waals surface area (Å²) in [6.07, 6.45) is 9.50. The number of piperazine rings is 1. The largest absolute Gasteiger partial charge is 0.477 e. The number of ether oxygens (including phenoxy) is 1. The van der Waals surface area contributed by atoms with Gasteiger partial charge in [-0.2, -0.15) is 0 Å². The lowest BCUT2D eigenvalue weighted by molar-refractivity contribution is 0.249. The maximum absolute atomic E-state index is 5.98. The fraction of sp³-hybridized carbons (Fsp3) is 0.429. The molecule has 3 heterocycles. The number of fused-ring (bicyclic) bond motifs is 1. The number of rotatable bonds is 6. The lowest BCUT2D eigenvalue weighted by Gasteiger charge is -2.36. The van der Waals surface area contributed by atoms with Crippen LogP contribution in [0.1, 0.15) is 18.4 Å². The first-order valence-electron chi connectivity index (χ1n) is 9.94. The predicted octanol–water partition coefficient (Wildman–Crippen LogP) is 2.53. The summed E-state index contributed by atoms with van der Waals surface area (Å²) in [6.45, 7) is 5.68. The summed E-state index contributed by atoms with van der Waals surface area (Å²) in [4.78, 5) is 21.9.